The van der Waals surface area contributed by atoms with Gasteiger partial charge in [-0.15, -0.1) is 0 Å². The van der Waals surface area contributed by atoms with E-state index in [-0.39, 0.29) is 5.56 Å². The minimum absolute atomic E-state index is 0.0952. The maximum atomic E-state index is 13.6. The van der Waals surface area contributed by atoms with Crippen LogP contribution in [0.3, 0.4) is 0 Å². The van der Waals surface area contributed by atoms with Crippen molar-refractivity contribution in [3.8, 4) is 0 Å². The number of rotatable bonds is 2. The van der Waals surface area contributed by atoms with E-state index < -0.39 is 17.7 Å². The summed E-state index contributed by atoms with van der Waals surface area (Å²) in [6.45, 7) is 1.77. The highest BCUT2D eigenvalue weighted by molar-refractivity contribution is 9.10. The van der Waals surface area contributed by atoms with Gasteiger partial charge in [0.2, 0.25) is 0 Å². The van der Waals surface area contributed by atoms with Gasteiger partial charge in [-0.05, 0) is 52.7 Å². The Morgan fingerprint density at radius 2 is 1.94 bits per heavy atom. The fourth-order valence-corrected chi connectivity index (χ4v) is 2.16. The molecule has 0 spiro atoms. The maximum absolute atomic E-state index is 13.6. The molecule has 0 aliphatic heterocycles. The van der Waals surface area contributed by atoms with Crippen molar-refractivity contribution in [2.45, 2.75) is 13.0 Å². The Hall–Kier alpha value is -1.33. The molecule has 0 aliphatic rings. The predicted octanol–water partition coefficient (Wildman–Crippen LogP) is 3.51. The summed E-state index contributed by atoms with van der Waals surface area (Å²) in [5.41, 5.74) is 1.10. The van der Waals surface area contributed by atoms with Gasteiger partial charge in [0, 0.05) is 17.3 Å². The van der Waals surface area contributed by atoms with E-state index in [1.165, 1.54) is 6.20 Å². The summed E-state index contributed by atoms with van der Waals surface area (Å²) in [6, 6.07) is 4.70. The fourth-order valence-electron chi connectivity index (χ4n) is 1.71. The van der Waals surface area contributed by atoms with Crippen LogP contribution in [0.2, 0.25) is 0 Å². The number of pyridine rings is 1. The fraction of sp³-hybridized carbons (Fsp3) is 0.154. The number of aliphatic hydroxyl groups excluding tert-OH is 1. The van der Waals surface area contributed by atoms with Gasteiger partial charge in [-0.3, -0.25) is 0 Å². The molecule has 0 amide bonds. The third-order valence-corrected chi connectivity index (χ3v) is 3.10. The Kier molecular flexibility index (Phi) is 3.73. The van der Waals surface area contributed by atoms with Crippen LogP contribution in [-0.2, 0) is 0 Å². The van der Waals surface area contributed by atoms with Gasteiger partial charge < -0.3 is 5.11 Å². The summed E-state index contributed by atoms with van der Waals surface area (Å²) < 4.78 is 27.3. The highest BCUT2D eigenvalue weighted by Gasteiger charge is 2.18. The molecule has 1 atom stereocenters. The van der Waals surface area contributed by atoms with E-state index in [1.54, 1.807) is 13.0 Å². The van der Waals surface area contributed by atoms with Crippen molar-refractivity contribution in [2.24, 2.45) is 0 Å². The van der Waals surface area contributed by atoms with Gasteiger partial charge in [-0.1, -0.05) is 0 Å². The minimum atomic E-state index is -1.23. The first-order chi connectivity index (χ1) is 8.49. The molecule has 0 saturated carbocycles. The highest BCUT2D eigenvalue weighted by atomic mass is 79.9. The summed E-state index contributed by atoms with van der Waals surface area (Å²) in [6.07, 6.45) is 0.204. The zero-order chi connectivity index (χ0) is 13.3. The second-order valence-electron chi connectivity index (χ2n) is 3.93. The smallest absolute Gasteiger partial charge is 0.129 e. The lowest BCUT2D eigenvalue weighted by Crippen LogP contribution is -2.06. The van der Waals surface area contributed by atoms with Gasteiger partial charge in [-0.2, -0.15) is 0 Å². The van der Waals surface area contributed by atoms with Crippen LogP contribution < -0.4 is 0 Å². The van der Waals surface area contributed by atoms with Crippen molar-refractivity contribution in [1.29, 1.82) is 0 Å². The molecule has 1 aromatic carbocycles. The zero-order valence-corrected chi connectivity index (χ0v) is 11.1. The minimum Gasteiger partial charge on any atom is -0.383 e. The number of hydrogen-bond donors (Lipinski definition) is 1. The average molecular weight is 314 g/mol. The molecule has 1 aromatic heterocycles. The molecular formula is C13H10BrF2NO. The van der Waals surface area contributed by atoms with E-state index in [0.29, 0.717) is 10.2 Å². The normalized spacial score (nSPS) is 12.5. The SMILES string of the molecule is Cc1cc(Br)ncc1C(O)c1cc(F)ccc1F. The first kappa shape index (κ1) is 13.1. The molecule has 0 aliphatic carbocycles. The molecular weight excluding hydrogens is 304 g/mol. The van der Waals surface area contributed by atoms with Crippen LogP contribution in [0.25, 0.3) is 0 Å². The van der Waals surface area contributed by atoms with Gasteiger partial charge in [0.15, 0.2) is 0 Å². The van der Waals surface area contributed by atoms with Gasteiger partial charge in [0.1, 0.15) is 22.3 Å². The lowest BCUT2D eigenvalue weighted by Gasteiger charge is -2.14. The van der Waals surface area contributed by atoms with Crippen LogP contribution in [0.1, 0.15) is 22.8 Å². The number of benzene rings is 1. The molecule has 18 heavy (non-hydrogen) atoms. The van der Waals surface area contributed by atoms with E-state index >= 15 is 0 Å². The molecule has 1 N–H and O–H groups in total. The van der Waals surface area contributed by atoms with Gasteiger partial charge in [0.25, 0.3) is 0 Å². The highest BCUT2D eigenvalue weighted by Crippen LogP contribution is 2.27. The van der Waals surface area contributed by atoms with Crippen LogP contribution in [0.4, 0.5) is 8.78 Å². The van der Waals surface area contributed by atoms with E-state index in [2.05, 4.69) is 20.9 Å². The quantitative estimate of drug-likeness (QED) is 0.861. The van der Waals surface area contributed by atoms with E-state index in [0.717, 1.165) is 23.8 Å². The second kappa shape index (κ2) is 5.12. The van der Waals surface area contributed by atoms with Crippen LogP contribution in [-0.4, -0.2) is 10.1 Å². The van der Waals surface area contributed by atoms with Crippen molar-refractivity contribution in [3.63, 3.8) is 0 Å². The van der Waals surface area contributed by atoms with E-state index in [4.69, 9.17) is 0 Å². The summed E-state index contributed by atoms with van der Waals surface area (Å²) in [5.74, 6) is -1.24. The molecule has 0 radical (unpaired) electrons. The van der Waals surface area contributed by atoms with Crippen molar-refractivity contribution in [1.82, 2.24) is 4.98 Å². The first-order valence-corrected chi connectivity index (χ1v) is 6.03. The third kappa shape index (κ3) is 2.57. The Morgan fingerprint density at radius 3 is 2.61 bits per heavy atom. The number of hydrogen-bond acceptors (Lipinski definition) is 2. The molecule has 2 aromatic rings. The molecule has 1 heterocycles. The third-order valence-electron chi connectivity index (χ3n) is 2.67. The van der Waals surface area contributed by atoms with Crippen LogP contribution in [0.15, 0.2) is 35.1 Å². The molecule has 0 fully saturated rings. The number of aromatic nitrogens is 1. The topological polar surface area (TPSA) is 33.1 Å². The Morgan fingerprint density at radius 1 is 1.22 bits per heavy atom. The summed E-state index contributed by atoms with van der Waals surface area (Å²) >= 11 is 3.20. The Balaban J connectivity index is 2.47. The predicted molar refractivity (Wildman–Crippen MR) is 67.1 cm³/mol. The molecule has 1 unspecified atom stereocenters. The van der Waals surface area contributed by atoms with Gasteiger partial charge in [-0.25, -0.2) is 13.8 Å². The molecule has 2 nitrogen and oxygen atoms in total. The molecule has 0 bridgehead atoms. The van der Waals surface area contributed by atoms with Gasteiger partial charge in [0.05, 0.1) is 0 Å². The van der Waals surface area contributed by atoms with Crippen LogP contribution in [0.5, 0.6) is 0 Å². The largest absolute Gasteiger partial charge is 0.383 e. The van der Waals surface area contributed by atoms with Crippen molar-refractivity contribution in [2.75, 3.05) is 0 Å². The summed E-state index contributed by atoms with van der Waals surface area (Å²) in [5, 5.41) is 10.1. The first-order valence-electron chi connectivity index (χ1n) is 5.24. The van der Waals surface area contributed by atoms with Crippen LogP contribution in [0, 0.1) is 18.6 Å². The molecule has 5 heteroatoms. The lowest BCUT2D eigenvalue weighted by atomic mass is 9.99. The number of nitrogens with zero attached hydrogens (tertiary/aromatic N) is 1. The number of aliphatic hydroxyl groups is 1. The summed E-state index contributed by atoms with van der Waals surface area (Å²) in [7, 11) is 0. The van der Waals surface area contributed by atoms with Gasteiger partial charge >= 0.3 is 0 Å². The maximum Gasteiger partial charge on any atom is 0.129 e. The second-order valence-corrected chi connectivity index (χ2v) is 4.74. The van der Waals surface area contributed by atoms with E-state index in [9.17, 15) is 13.9 Å². The monoisotopic (exact) mass is 313 g/mol. The average Bonchev–Trinajstić information content (AvgIpc) is 2.31. The summed E-state index contributed by atoms with van der Waals surface area (Å²) in [4.78, 5) is 3.98. The van der Waals surface area contributed by atoms with Crippen molar-refractivity contribution < 1.29 is 13.9 Å². The van der Waals surface area contributed by atoms with Crippen molar-refractivity contribution in [3.05, 3.63) is 63.4 Å². The lowest BCUT2D eigenvalue weighted by molar-refractivity contribution is 0.213. The van der Waals surface area contributed by atoms with Crippen LogP contribution >= 0.6 is 15.9 Å². The Labute approximate surface area is 111 Å². The molecule has 94 valence electrons. The standard InChI is InChI=1S/C13H10BrF2NO/c1-7-4-12(14)17-6-10(7)13(18)9-5-8(15)2-3-11(9)16/h2-6,13,18H,1H3. The van der Waals surface area contributed by atoms with E-state index in [1.807, 2.05) is 0 Å². The molecule has 0 saturated heterocycles. The number of aryl methyl sites for hydroxylation is 1. The molecule has 2 rings (SSSR count). The van der Waals surface area contributed by atoms with Crippen molar-refractivity contribution >= 4 is 15.9 Å². The zero-order valence-electron chi connectivity index (χ0n) is 9.49. The number of halogens is 3. The Bertz CT molecular complexity index is 589.